The highest BCUT2D eigenvalue weighted by atomic mass is 32.2. The number of hydrogen-bond donors (Lipinski definition) is 3. The van der Waals surface area contributed by atoms with Gasteiger partial charge in [0.1, 0.15) is 11.8 Å². The second-order valence-corrected chi connectivity index (χ2v) is 14.2. The molecule has 8 nitrogen and oxygen atoms in total. The van der Waals surface area contributed by atoms with E-state index in [0.717, 1.165) is 22.4 Å². The molecule has 3 heterocycles. The number of thioether (sulfide) groups is 1. The van der Waals surface area contributed by atoms with Crippen molar-refractivity contribution in [1.29, 1.82) is 0 Å². The Morgan fingerprint density at radius 3 is 2.30 bits per heavy atom. The maximum absolute atomic E-state index is 14.7. The van der Waals surface area contributed by atoms with Crippen LogP contribution in [0.2, 0.25) is 0 Å². The molecule has 3 aromatic rings. The van der Waals surface area contributed by atoms with Gasteiger partial charge in [-0.15, -0.1) is 11.8 Å². The highest BCUT2D eigenvalue weighted by Gasteiger charge is 2.77. The molecule has 3 aromatic carbocycles. The normalized spacial score (nSPS) is 27.6. The SMILES string of the molecule is CCOc1ccc(NC(=O)[C@H]2[C@H]3C(=O)N([C@H](CO)c4ccccc4)C(C(=O)Nc4c(C)cccc4C)C34CC[C@]2(C)S4)cc1. The van der Waals surface area contributed by atoms with Gasteiger partial charge in [0, 0.05) is 16.1 Å². The lowest BCUT2D eigenvalue weighted by molar-refractivity contribution is -0.141. The zero-order valence-corrected chi connectivity index (χ0v) is 26.3. The molecule has 3 aliphatic heterocycles. The molecule has 0 saturated carbocycles. The first-order valence-corrected chi connectivity index (χ1v) is 16.0. The molecule has 3 N–H and O–H groups in total. The summed E-state index contributed by atoms with van der Waals surface area (Å²) in [6, 6.07) is 20.7. The fourth-order valence-electron chi connectivity index (χ4n) is 7.65. The van der Waals surface area contributed by atoms with Crippen molar-refractivity contribution in [2.75, 3.05) is 23.8 Å². The van der Waals surface area contributed by atoms with Crippen LogP contribution in [0.15, 0.2) is 72.8 Å². The fourth-order valence-corrected chi connectivity index (χ4v) is 10.00. The van der Waals surface area contributed by atoms with E-state index >= 15 is 0 Å². The summed E-state index contributed by atoms with van der Waals surface area (Å²) in [6.45, 7) is 8.04. The van der Waals surface area contributed by atoms with E-state index in [2.05, 4.69) is 10.6 Å². The first kappa shape index (κ1) is 30.2. The van der Waals surface area contributed by atoms with E-state index in [9.17, 15) is 19.5 Å². The number of hydrogen-bond acceptors (Lipinski definition) is 6. The predicted molar refractivity (Wildman–Crippen MR) is 173 cm³/mol. The minimum Gasteiger partial charge on any atom is -0.494 e. The van der Waals surface area contributed by atoms with E-state index in [4.69, 9.17) is 4.74 Å². The van der Waals surface area contributed by atoms with E-state index in [1.165, 1.54) is 0 Å². The summed E-state index contributed by atoms with van der Waals surface area (Å²) >= 11 is 1.61. The lowest BCUT2D eigenvalue weighted by Gasteiger charge is -2.37. The Kier molecular flexibility index (Phi) is 7.96. The molecule has 2 unspecified atom stereocenters. The average molecular weight is 614 g/mol. The van der Waals surface area contributed by atoms with Gasteiger partial charge in [-0.3, -0.25) is 14.4 Å². The number of amides is 3. The van der Waals surface area contributed by atoms with E-state index in [0.29, 0.717) is 30.9 Å². The fraction of sp³-hybridized carbons (Fsp3) is 0.400. The molecule has 3 saturated heterocycles. The maximum Gasteiger partial charge on any atom is 0.248 e. The van der Waals surface area contributed by atoms with Crippen LogP contribution in [0.1, 0.15) is 49.4 Å². The standard InChI is InChI=1S/C35H39N3O5S/c1-5-43-25-16-14-24(15-17-25)36-31(40)27-28-33(42)38(26(20-39)23-12-7-6-8-13-23)30(35(28)19-18-34(27,4)44-35)32(41)37-29-21(2)10-9-11-22(29)3/h6-17,26-28,30,39H,5,18-20H2,1-4H3,(H,36,40)(H,37,41)/t26-,27-,28+,30?,34+,35?/m1/s1. The van der Waals surface area contributed by atoms with E-state index in [1.807, 2.05) is 76.2 Å². The van der Waals surface area contributed by atoms with Crippen molar-refractivity contribution < 1.29 is 24.2 Å². The van der Waals surface area contributed by atoms with Crippen LogP contribution in [0.4, 0.5) is 11.4 Å². The number of carbonyl (C=O) groups excluding carboxylic acids is 3. The number of para-hydroxylation sites is 1. The third-order valence-corrected chi connectivity index (χ3v) is 11.6. The Bertz CT molecular complexity index is 1560. The first-order chi connectivity index (χ1) is 21.1. The van der Waals surface area contributed by atoms with Gasteiger partial charge in [-0.2, -0.15) is 0 Å². The zero-order valence-electron chi connectivity index (χ0n) is 25.5. The Hall–Kier alpha value is -3.82. The minimum atomic E-state index is -0.883. The van der Waals surface area contributed by atoms with Crippen LogP contribution < -0.4 is 15.4 Å². The maximum atomic E-state index is 14.7. The molecular formula is C35H39N3O5S. The largest absolute Gasteiger partial charge is 0.494 e. The summed E-state index contributed by atoms with van der Waals surface area (Å²) < 4.78 is 4.19. The van der Waals surface area contributed by atoms with Gasteiger partial charge >= 0.3 is 0 Å². The van der Waals surface area contributed by atoms with E-state index < -0.39 is 33.4 Å². The van der Waals surface area contributed by atoms with Crippen LogP contribution in [0.3, 0.4) is 0 Å². The summed E-state index contributed by atoms with van der Waals surface area (Å²) in [7, 11) is 0. The van der Waals surface area contributed by atoms with E-state index in [-0.39, 0.29) is 24.3 Å². The lowest BCUT2D eigenvalue weighted by Crippen LogP contribution is -2.52. The smallest absolute Gasteiger partial charge is 0.248 e. The Balaban J connectivity index is 1.40. The number of carbonyl (C=O) groups is 3. The molecule has 6 rings (SSSR count). The van der Waals surface area contributed by atoms with Crippen LogP contribution in [0.5, 0.6) is 5.75 Å². The molecule has 6 atom stereocenters. The van der Waals surface area contributed by atoms with Crippen LogP contribution in [-0.4, -0.2) is 56.5 Å². The molecule has 3 amide bonds. The third-order valence-electron chi connectivity index (χ3n) is 9.60. The molecule has 2 bridgehead atoms. The van der Waals surface area contributed by atoms with Crippen molar-refractivity contribution in [2.45, 2.75) is 62.1 Å². The lowest BCUT2D eigenvalue weighted by atomic mass is 9.66. The molecule has 3 fully saturated rings. The number of likely N-dealkylation sites (tertiary alicyclic amines) is 1. The van der Waals surface area contributed by atoms with Gasteiger partial charge in [-0.05, 0) is 81.5 Å². The molecule has 1 spiro atoms. The van der Waals surface area contributed by atoms with Gasteiger partial charge in [0.15, 0.2) is 0 Å². The zero-order chi connectivity index (χ0) is 31.2. The number of aliphatic hydroxyl groups is 1. The topological polar surface area (TPSA) is 108 Å². The highest BCUT2D eigenvalue weighted by molar-refractivity contribution is 8.02. The molecule has 3 aliphatic rings. The number of fused-ring (bicyclic) bond motifs is 1. The van der Waals surface area contributed by atoms with E-state index in [1.54, 1.807) is 40.9 Å². The number of nitrogens with zero attached hydrogens (tertiary/aromatic N) is 1. The van der Waals surface area contributed by atoms with Gasteiger partial charge in [0.05, 0.1) is 35.8 Å². The molecule has 0 aromatic heterocycles. The number of aryl methyl sites for hydroxylation is 2. The summed E-state index contributed by atoms with van der Waals surface area (Å²) in [5.74, 6) is -1.46. The van der Waals surface area contributed by atoms with Gasteiger partial charge in [-0.25, -0.2) is 0 Å². The van der Waals surface area contributed by atoms with Crippen LogP contribution in [-0.2, 0) is 14.4 Å². The summed E-state index contributed by atoms with van der Waals surface area (Å²) in [5, 5.41) is 16.9. The van der Waals surface area contributed by atoms with Crippen LogP contribution >= 0.6 is 11.8 Å². The third kappa shape index (κ3) is 4.86. The summed E-state index contributed by atoms with van der Waals surface area (Å²) in [4.78, 5) is 44.9. The van der Waals surface area contributed by atoms with Crippen molar-refractivity contribution in [3.63, 3.8) is 0 Å². The molecule has 0 radical (unpaired) electrons. The number of rotatable bonds is 9. The number of nitrogens with one attached hydrogen (secondary N) is 2. The summed E-state index contributed by atoms with van der Waals surface area (Å²) in [6.07, 6.45) is 1.31. The second kappa shape index (κ2) is 11.6. The van der Waals surface area contributed by atoms with Gasteiger partial charge in [0.25, 0.3) is 0 Å². The van der Waals surface area contributed by atoms with Crippen molar-refractivity contribution in [3.05, 3.63) is 89.5 Å². The average Bonchev–Trinajstić information content (AvgIpc) is 3.58. The van der Waals surface area contributed by atoms with Crippen molar-refractivity contribution in [2.24, 2.45) is 11.8 Å². The van der Waals surface area contributed by atoms with Crippen molar-refractivity contribution >= 4 is 40.9 Å². The molecule has 230 valence electrons. The van der Waals surface area contributed by atoms with Gasteiger partial charge < -0.3 is 25.4 Å². The Morgan fingerprint density at radius 1 is 0.977 bits per heavy atom. The highest BCUT2D eigenvalue weighted by Crippen LogP contribution is 2.72. The van der Waals surface area contributed by atoms with Gasteiger partial charge in [-0.1, -0.05) is 48.5 Å². The number of aliphatic hydroxyl groups excluding tert-OH is 1. The van der Waals surface area contributed by atoms with Crippen molar-refractivity contribution in [1.82, 2.24) is 4.90 Å². The minimum absolute atomic E-state index is 0.236. The number of benzene rings is 3. The second-order valence-electron chi connectivity index (χ2n) is 12.3. The summed E-state index contributed by atoms with van der Waals surface area (Å²) in [5.41, 5.74) is 3.93. The quantitative estimate of drug-likeness (QED) is 0.295. The van der Waals surface area contributed by atoms with Crippen LogP contribution in [0.25, 0.3) is 0 Å². The molecular weight excluding hydrogens is 574 g/mol. The van der Waals surface area contributed by atoms with Crippen LogP contribution in [0, 0.1) is 25.7 Å². The van der Waals surface area contributed by atoms with Crippen molar-refractivity contribution in [3.8, 4) is 5.75 Å². The molecule has 44 heavy (non-hydrogen) atoms. The Morgan fingerprint density at radius 2 is 1.66 bits per heavy atom. The molecule has 0 aliphatic carbocycles. The monoisotopic (exact) mass is 613 g/mol. The number of anilines is 2. The molecule has 9 heteroatoms. The predicted octanol–water partition coefficient (Wildman–Crippen LogP) is 5.49. The Labute approximate surface area is 262 Å². The first-order valence-electron chi connectivity index (χ1n) is 15.2. The van der Waals surface area contributed by atoms with Gasteiger partial charge in [0.2, 0.25) is 17.7 Å². The number of ether oxygens (including phenoxy) is 1.